The molecule has 0 aliphatic carbocycles. The highest BCUT2D eigenvalue weighted by Crippen LogP contribution is 2.27. The van der Waals surface area contributed by atoms with Gasteiger partial charge in [-0.2, -0.15) is 0 Å². The first-order valence-electron chi connectivity index (χ1n) is 13.8. The van der Waals surface area contributed by atoms with E-state index < -0.39 is 23.1 Å². The number of cyclic esters (lactones) is 2. The lowest BCUT2D eigenvalue weighted by Crippen LogP contribution is -2.28. The van der Waals surface area contributed by atoms with Gasteiger partial charge < -0.3 is 9.47 Å². The van der Waals surface area contributed by atoms with Crippen LogP contribution in [0.15, 0.2) is 73.8 Å². The summed E-state index contributed by atoms with van der Waals surface area (Å²) in [6, 6.07) is 8.34. The zero-order valence-electron chi connectivity index (χ0n) is 25.0. The van der Waals surface area contributed by atoms with Crippen molar-refractivity contribution in [3.8, 4) is 23.7 Å². The molecule has 0 N–H and O–H groups in total. The zero-order chi connectivity index (χ0) is 32.0. The van der Waals surface area contributed by atoms with E-state index in [0.717, 1.165) is 17.3 Å². The van der Waals surface area contributed by atoms with Gasteiger partial charge in [-0.05, 0) is 58.0 Å². The van der Waals surface area contributed by atoms with E-state index in [0.29, 0.717) is 35.9 Å². The molecule has 0 aromatic carbocycles. The van der Waals surface area contributed by atoms with Crippen LogP contribution in [0.25, 0.3) is 0 Å². The van der Waals surface area contributed by atoms with Gasteiger partial charge in [0.15, 0.2) is 0 Å². The first-order chi connectivity index (χ1) is 21.5. The van der Waals surface area contributed by atoms with Crippen LogP contribution in [0, 0.1) is 29.5 Å². The summed E-state index contributed by atoms with van der Waals surface area (Å²) in [6.45, 7) is 8.35. The molecular formula is C33H28FN7O4. The fourth-order valence-corrected chi connectivity index (χ4v) is 4.26. The highest BCUT2D eigenvalue weighted by molar-refractivity contribution is 5.89. The molecule has 0 unspecified atom stereocenters. The van der Waals surface area contributed by atoms with Gasteiger partial charge in [-0.3, -0.25) is 14.8 Å². The van der Waals surface area contributed by atoms with Crippen LogP contribution in [0.1, 0.15) is 49.9 Å². The van der Waals surface area contributed by atoms with Gasteiger partial charge in [0, 0.05) is 47.7 Å². The lowest BCUT2D eigenvalue weighted by atomic mass is 10.1. The summed E-state index contributed by atoms with van der Waals surface area (Å²) in [5.74, 6) is 12.3. The molecule has 0 atom stereocenters. The molecular weight excluding hydrogens is 577 g/mol. The molecule has 11 nitrogen and oxygen atoms in total. The van der Waals surface area contributed by atoms with Gasteiger partial charge in [-0.1, -0.05) is 23.7 Å². The number of halogens is 1. The molecule has 4 aromatic rings. The summed E-state index contributed by atoms with van der Waals surface area (Å²) in [7, 11) is 0. The van der Waals surface area contributed by atoms with Gasteiger partial charge in [0.1, 0.15) is 35.0 Å². The fourth-order valence-electron chi connectivity index (χ4n) is 4.26. The first kappa shape index (κ1) is 30.6. The summed E-state index contributed by atoms with van der Waals surface area (Å²) in [6.07, 6.45) is 9.76. The normalized spacial score (nSPS) is 15.8. The van der Waals surface area contributed by atoms with Gasteiger partial charge >= 0.3 is 12.2 Å². The van der Waals surface area contributed by atoms with Crippen LogP contribution in [0.2, 0.25) is 0 Å². The Morgan fingerprint density at radius 1 is 0.644 bits per heavy atom. The summed E-state index contributed by atoms with van der Waals surface area (Å²) in [5.41, 5.74) is 1.60. The standard InChI is InChI=1S/C17H14FN3O2.C16H14N4O2/c1-17(2)11-21(16(22)23-17)15-6-5-12(9-20-15)3-4-13-7-14(18)10-19-8-13;1-16(2)10-20(15(21)22-16)14-6-5-12(9-19-14)3-4-13-7-17-11-18-8-13/h5-10H,11H2,1-2H3;5-9,11H,10H2,1-2H3. The van der Waals surface area contributed by atoms with Gasteiger partial charge in [0.05, 0.1) is 24.8 Å². The molecule has 0 radical (unpaired) electrons. The number of ether oxygens (including phenoxy) is 2. The van der Waals surface area contributed by atoms with Crippen molar-refractivity contribution in [1.29, 1.82) is 0 Å². The van der Waals surface area contributed by atoms with E-state index in [1.165, 1.54) is 28.4 Å². The Kier molecular flexibility index (Phi) is 8.68. The lowest BCUT2D eigenvalue weighted by molar-refractivity contribution is 0.0860. The van der Waals surface area contributed by atoms with Gasteiger partial charge in [0.25, 0.3) is 0 Å². The SMILES string of the molecule is CC1(C)CN(c2ccc(C#Cc3cncc(F)c3)cn2)C(=O)O1.CC1(C)CN(c2ccc(C#Cc3cncnc3)cn2)C(=O)O1. The highest BCUT2D eigenvalue weighted by atomic mass is 19.1. The minimum atomic E-state index is -0.526. The smallest absolute Gasteiger partial charge is 0.416 e. The number of aromatic nitrogens is 5. The van der Waals surface area contributed by atoms with E-state index in [2.05, 4.69) is 48.6 Å². The lowest BCUT2D eigenvalue weighted by Gasteiger charge is -2.14. The number of anilines is 2. The van der Waals surface area contributed by atoms with Crippen molar-refractivity contribution in [2.75, 3.05) is 22.9 Å². The van der Waals surface area contributed by atoms with Crippen LogP contribution < -0.4 is 9.80 Å². The van der Waals surface area contributed by atoms with Crippen molar-refractivity contribution < 1.29 is 23.5 Å². The molecule has 2 saturated heterocycles. The molecule has 6 heterocycles. The van der Waals surface area contributed by atoms with E-state index >= 15 is 0 Å². The van der Waals surface area contributed by atoms with Crippen LogP contribution in [-0.2, 0) is 9.47 Å². The molecule has 12 heteroatoms. The van der Waals surface area contributed by atoms with Crippen LogP contribution in [0.5, 0.6) is 0 Å². The van der Waals surface area contributed by atoms with Crippen LogP contribution >= 0.6 is 0 Å². The van der Waals surface area contributed by atoms with E-state index in [9.17, 15) is 14.0 Å². The third-order valence-electron chi connectivity index (χ3n) is 6.26. The molecule has 45 heavy (non-hydrogen) atoms. The quantitative estimate of drug-likeness (QED) is 0.298. The summed E-state index contributed by atoms with van der Waals surface area (Å²) < 4.78 is 23.5. The van der Waals surface area contributed by atoms with E-state index in [1.807, 2.05) is 33.8 Å². The molecule has 2 amide bonds. The van der Waals surface area contributed by atoms with Crippen LogP contribution in [0.3, 0.4) is 0 Å². The minimum absolute atomic E-state index is 0.377. The molecule has 226 valence electrons. The number of hydrogen-bond acceptors (Lipinski definition) is 9. The van der Waals surface area contributed by atoms with E-state index in [1.54, 1.807) is 43.0 Å². The number of hydrogen-bond donors (Lipinski definition) is 0. The maximum atomic E-state index is 13.0. The Hall–Kier alpha value is -5.88. The van der Waals surface area contributed by atoms with Gasteiger partial charge in [-0.15, -0.1) is 0 Å². The Balaban J connectivity index is 0.000000178. The second kappa shape index (κ2) is 12.8. The second-order valence-corrected chi connectivity index (χ2v) is 11.3. The Morgan fingerprint density at radius 3 is 1.53 bits per heavy atom. The first-order valence-corrected chi connectivity index (χ1v) is 13.8. The van der Waals surface area contributed by atoms with Crippen molar-refractivity contribution >= 4 is 23.8 Å². The van der Waals surface area contributed by atoms with E-state index in [-0.39, 0.29) is 6.09 Å². The van der Waals surface area contributed by atoms with Crippen molar-refractivity contribution in [2.24, 2.45) is 0 Å². The largest absolute Gasteiger partial charge is 0.441 e. The maximum absolute atomic E-state index is 13.0. The third-order valence-corrected chi connectivity index (χ3v) is 6.26. The average Bonchev–Trinajstić information content (AvgIpc) is 3.47. The van der Waals surface area contributed by atoms with Crippen molar-refractivity contribution in [3.05, 3.63) is 102 Å². The molecule has 0 saturated carbocycles. The Morgan fingerprint density at radius 2 is 1.11 bits per heavy atom. The molecule has 2 aliphatic rings. The maximum Gasteiger partial charge on any atom is 0.416 e. The zero-order valence-corrected chi connectivity index (χ0v) is 25.0. The molecule has 2 aliphatic heterocycles. The topological polar surface area (TPSA) is 124 Å². The fraction of sp³-hybridized carbons (Fsp3) is 0.242. The number of rotatable bonds is 2. The number of carbonyl (C=O) groups excluding carboxylic acids is 2. The third kappa shape index (κ3) is 8.15. The summed E-state index contributed by atoms with van der Waals surface area (Å²) >= 11 is 0. The molecule has 4 aromatic heterocycles. The van der Waals surface area contributed by atoms with Crippen LogP contribution in [0.4, 0.5) is 25.6 Å². The van der Waals surface area contributed by atoms with Crippen LogP contribution in [-0.4, -0.2) is 61.4 Å². The van der Waals surface area contributed by atoms with Crippen molar-refractivity contribution in [2.45, 2.75) is 38.9 Å². The second-order valence-electron chi connectivity index (χ2n) is 11.3. The van der Waals surface area contributed by atoms with E-state index in [4.69, 9.17) is 9.47 Å². The van der Waals surface area contributed by atoms with Crippen molar-refractivity contribution in [1.82, 2.24) is 24.9 Å². The summed E-state index contributed by atoms with van der Waals surface area (Å²) in [5, 5.41) is 0. The molecule has 6 rings (SSSR count). The Labute approximate surface area is 259 Å². The molecule has 2 fully saturated rings. The van der Waals surface area contributed by atoms with Gasteiger partial charge in [0.2, 0.25) is 0 Å². The number of nitrogens with zero attached hydrogens (tertiary/aromatic N) is 7. The average molecular weight is 606 g/mol. The monoisotopic (exact) mass is 605 g/mol. The number of carbonyl (C=O) groups is 2. The predicted octanol–water partition coefficient (Wildman–Crippen LogP) is 4.76. The predicted molar refractivity (Wildman–Crippen MR) is 162 cm³/mol. The summed E-state index contributed by atoms with van der Waals surface area (Å²) in [4.78, 5) is 46.7. The van der Waals surface area contributed by atoms with Gasteiger partial charge in [-0.25, -0.2) is 33.9 Å². The van der Waals surface area contributed by atoms with Crippen molar-refractivity contribution in [3.63, 3.8) is 0 Å². The minimum Gasteiger partial charge on any atom is -0.441 e. The highest BCUT2D eigenvalue weighted by Gasteiger charge is 2.39. The molecule has 0 spiro atoms. The molecule has 0 bridgehead atoms. The number of pyridine rings is 3. The Bertz CT molecular complexity index is 1820. The number of amides is 2.